The van der Waals surface area contributed by atoms with Gasteiger partial charge in [0.05, 0.1) is 6.61 Å². The molecule has 7 heteroatoms. The summed E-state index contributed by atoms with van der Waals surface area (Å²) in [6.45, 7) is 5.67. The minimum atomic E-state index is -0.211. The van der Waals surface area contributed by atoms with Crippen LogP contribution in [0.5, 0.6) is 0 Å². The molecule has 7 nitrogen and oxygen atoms in total. The first-order valence-corrected chi connectivity index (χ1v) is 9.94. The summed E-state index contributed by atoms with van der Waals surface area (Å²) < 4.78 is 5.07. The third kappa shape index (κ3) is 5.22. The van der Waals surface area contributed by atoms with Crippen molar-refractivity contribution >= 4 is 17.9 Å². The predicted molar refractivity (Wildman–Crippen MR) is 103 cm³/mol. The largest absolute Gasteiger partial charge is 0.450 e. The first-order valence-electron chi connectivity index (χ1n) is 9.94. The van der Waals surface area contributed by atoms with Gasteiger partial charge in [-0.2, -0.15) is 4.98 Å². The highest BCUT2D eigenvalue weighted by molar-refractivity contribution is 5.67. The molecule has 2 aliphatic rings. The zero-order valence-corrected chi connectivity index (χ0v) is 16.0. The number of amides is 1. The SMILES string of the molecule is CCOC(=O)N1CCC(Nc2nc(C)cc(NC3CCCCC3)n2)CC1. The van der Waals surface area contributed by atoms with Gasteiger partial charge < -0.3 is 20.3 Å². The van der Waals surface area contributed by atoms with Crippen LogP contribution >= 0.6 is 0 Å². The number of carbonyl (C=O) groups excluding carboxylic acids is 1. The van der Waals surface area contributed by atoms with E-state index in [-0.39, 0.29) is 12.1 Å². The van der Waals surface area contributed by atoms with Gasteiger partial charge in [0.1, 0.15) is 5.82 Å². The van der Waals surface area contributed by atoms with Crippen LogP contribution < -0.4 is 10.6 Å². The van der Waals surface area contributed by atoms with Crippen molar-refractivity contribution in [1.29, 1.82) is 0 Å². The van der Waals surface area contributed by atoms with E-state index in [0.29, 0.717) is 31.7 Å². The van der Waals surface area contributed by atoms with E-state index in [2.05, 4.69) is 20.6 Å². The first-order chi connectivity index (χ1) is 12.6. The van der Waals surface area contributed by atoms with Gasteiger partial charge in [-0.25, -0.2) is 9.78 Å². The van der Waals surface area contributed by atoms with Crippen LogP contribution in [-0.2, 0) is 4.74 Å². The van der Waals surface area contributed by atoms with Crippen molar-refractivity contribution in [2.24, 2.45) is 0 Å². The summed E-state index contributed by atoms with van der Waals surface area (Å²) in [5.41, 5.74) is 0.963. The molecule has 1 aliphatic carbocycles. The number of nitrogens with one attached hydrogen (secondary N) is 2. The summed E-state index contributed by atoms with van der Waals surface area (Å²) in [6, 6.07) is 2.83. The van der Waals surface area contributed by atoms with Gasteiger partial charge in [-0.3, -0.25) is 0 Å². The van der Waals surface area contributed by atoms with Crippen molar-refractivity contribution in [3.05, 3.63) is 11.8 Å². The molecule has 2 fully saturated rings. The monoisotopic (exact) mass is 361 g/mol. The summed E-state index contributed by atoms with van der Waals surface area (Å²) in [6.07, 6.45) is 7.92. The highest BCUT2D eigenvalue weighted by Crippen LogP contribution is 2.22. The quantitative estimate of drug-likeness (QED) is 0.835. The van der Waals surface area contributed by atoms with Gasteiger partial charge in [-0.1, -0.05) is 19.3 Å². The molecule has 1 saturated heterocycles. The van der Waals surface area contributed by atoms with Crippen LogP contribution in [0.2, 0.25) is 0 Å². The van der Waals surface area contributed by atoms with Crippen LogP contribution in [0.4, 0.5) is 16.6 Å². The molecule has 0 unspecified atom stereocenters. The second kappa shape index (κ2) is 9.05. The molecule has 1 saturated carbocycles. The van der Waals surface area contributed by atoms with Gasteiger partial charge in [-0.15, -0.1) is 0 Å². The number of ether oxygens (including phenoxy) is 1. The fourth-order valence-electron chi connectivity index (χ4n) is 3.77. The molecule has 0 atom stereocenters. The van der Waals surface area contributed by atoms with E-state index in [9.17, 15) is 4.79 Å². The molecule has 0 radical (unpaired) electrons. The van der Waals surface area contributed by atoms with Crippen molar-refractivity contribution in [2.75, 3.05) is 30.3 Å². The van der Waals surface area contributed by atoms with Crippen molar-refractivity contribution in [3.63, 3.8) is 0 Å². The lowest BCUT2D eigenvalue weighted by Gasteiger charge is -2.31. The normalized spacial score (nSPS) is 19.2. The lowest BCUT2D eigenvalue weighted by atomic mass is 9.95. The van der Waals surface area contributed by atoms with Crippen molar-refractivity contribution in [1.82, 2.24) is 14.9 Å². The maximum absolute atomic E-state index is 11.8. The van der Waals surface area contributed by atoms with Gasteiger partial charge in [0.2, 0.25) is 5.95 Å². The molecule has 26 heavy (non-hydrogen) atoms. The van der Waals surface area contributed by atoms with E-state index in [4.69, 9.17) is 4.74 Å². The summed E-state index contributed by atoms with van der Waals surface area (Å²) in [7, 11) is 0. The molecule has 1 aliphatic heterocycles. The van der Waals surface area contributed by atoms with Gasteiger partial charge in [0.25, 0.3) is 0 Å². The topological polar surface area (TPSA) is 79.4 Å². The van der Waals surface area contributed by atoms with Gasteiger partial charge in [0, 0.05) is 36.9 Å². The number of aryl methyl sites for hydroxylation is 1. The predicted octanol–water partition coefficient (Wildman–Crippen LogP) is 3.56. The average Bonchev–Trinajstić information content (AvgIpc) is 2.63. The van der Waals surface area contributed by atoms with Crippen LogP contribution in [0.3, 0.4) is 0 Å². The smallest absolute Gasteiger partial charge is 0.409 e. The summed E-state index contributed by atoms with van der Waals surface area (Å²) in [5.74, 6) is 1.59. The molecule has 2 N–H and O–H groups in total. The van der Waals surface area contributed by atoms with Gasteiger partial charge in [0.15, 0.2) is 0 Å². The Kier molecular flexibility index (Phi) is 6.52. The molecular weight excluding hydrogens is 330 g/mol. The second-order valence-electron chi connectivity index (χ2n) is 7.30. The zero-order chi connectivity index (χ0) is 18.4. The Morgan fingerprint density at radius 2 is 1.81 bits per heavy atom. The minimum absolute atomic E-state index is 0.211. The average molecular weight is 361 g/mol. The van der Waals surface area contributed by atoms with E-state index in [1.54, 1.807) is 4.90 Å². The molecule has 3 rings (SSSR count). The van der Waals surface area contributed by atoms with Gasteiger partial charge in [-0.05, 0) is 39.5 Å². The first kappa shape index (κ1) is 18.7. The van der Waals surface area contributed by atoms with E-state index in [1.807, 2.05) is 19.9 Å². The Morgan fingerprint density at radius 3 is 2.50 bits per heavy atom. The standard InChI is InChI=1S/C19H31N5O2/c1-3-26-19(25)24-11-9-16(10-12-24)22-18-20-14(2)13-17(23-18)21-15-7-5-4-6-8-15/h13,15-16H,3-12H2,1-2H3,(H2,20,21,22,23). The third-order valence-corrected chi connectivity index (χ3v) is 5.17. The number of carbonyl (C=O) groups is 1. The summed E-state index contributed by atoms with van der Waals surface area (Å²) in [4.78, 5) is 22.8. The van der Waals surface area contributed by atoms with E-state index in [1.165, 1.54) is 32.1 Å². The third-order valence-electron chi connectivity index (χ3n) is 5.17. The van der Waals surface area contributed by atoms with E-state index < -0.39 is 0 Å². The highest BCUT2D eigenvalue weighted by atomic mass is 16.6. The lowest BCUT2D eigenvalue weighted by Crippen LogP contribution is -2.42. The Bertz CT molecular complexity index is 596. The Balaban J connectivity index is 1.54. The Hall–Kier alpha value is -2.05. The number of hydrogen-bond donors (Lipinski definition) is 2. The molecule has 2 heterocycles. The number of nitrogens with zero attached hydrogens (tertiary/aromatic N) is 3. The highest BCUT2D eigenvalue weighted by Gasteiger charge is 2.24. The Labute approximate surface area is 155 Å². The molecule has 0 aromatic carbocycles. The van der Waals surface area contributed by atoms with Crippen LogP contribution in [0.1, 0.15) is 57.6 Å². The number of rotatable bonds is 5. The molecule has 1 amide bonds. The number of piperidine rings is 1. The molecule has 1 aromatic heterocycles. The van der Waals surface area contributed by atoms with E-state index >= 15 is 0 Å². The molecule has 0 bridgehead atoms. The maximum atomic E-state index is 11.8. The van der Waals surface area contributed by atoms with Crippen LogP contribution in [0, 0.1) is 6.92 Å². The van der Waals surface area contributed by atoms with Crippen LogP contribution in [-0.4, -0.2) is 52.7 Å². The summed E-state index contributed by atoms with van der Waals surface area (Å²) >= 11 is 0. The zero-order valence-electron chi connectivity index (χ0n) is 16.0. The lowest BCUT2D eigenvalue weighted by molar-refractivity contribution is 0.0983. The fourth-order valence-corrected chi connectivity index (χ4v) is 3.77. The van der Waals surface area contributed by atoms with Crippen LogP contribution in [0.15, 0.2) is 6.07 Å². The fraction of sp³-hybridized carbons (Fsp3) is 0.737. The number of aromatic nitrogens is 2. The number of anilines is 2. The molecule has 144 valence electrons. The Morgan fingerprint density at radius 1 is 1.12 bits per heavy atom. The molecular formula is C19H31N5O2. The van der Waals surface area contributed by atoms with E-state index in [0.717, 1.165) is 24.4 Å². The minimum Gasteiger partial charge on any atom is -0.450 e. The van der Waals surface area contributed by atoms with Crippen LogP contribution in [0.25, 0.3) is 0 Å². The molecule has 0 spiro atoms. The van der Waals surface area contributed by atoms with Crippen molar-refractivity contribution < 1.29 is 9.53 Å². The summed E-state index contributed by atoms with van der Waals surface area (Å²) in [5, 5.41) is 7.02. The number of likely N-dealkylation sites (tertiary alicyclic amines) is 1. The van der Waals surface area contributed by atoms with Crippen molar-refractivity contribution in [2.45, 2.75) is 70.9 Å². The van der Waals surface area contributed by atoms with Crippen molar-refractivity contribution in [3.8, 4) is 0 Å². The second-order valence-corrected chi connectivity index (χ2v) is 7.30. The maximum Gasteiger partial charge on any atom is 0.409 e. The number of hydrogen-bond acceptors (Lipinski definition) is 6. The van der Waals surface area contributed by atoms with Gasteiger partial charge >= 0.3 is 6.09 Å². The molecule has 1 aromatic rings.